The van der Waals surface area contributed by atoms with E-state index in [1.807, 2.05) is 19.9 Å². The molecule has 1 aromatic rings. The molecular formula is C16H28N4O. The predicted molar refractivity (Wildman–Crippen MR) is 85.6 cm³/mol. The van der Waals surface area contributed by atoms with Crippen molar-refractivity contribution in [3.8, 4) is 0 Å². The fourth-order valence-corrected chi connectivity index (χ4v) is 2.86. The average Bonchev–Trinajstić information content (AvgIpc) is 2.43. The highest BCUT2D eigenvalue weighted by atomic mass is 16.5. The molecule has 2 heterocycles. The first-order valence-electron chi connectivity index (χ1n) is 7.92. The van der Waals surface area contributed by atoms with E-state index >= 15 is 0 Å². The first-order chi connectivity index (χ1) is 10.0. The van der Waals surface area contributed by atoms with Crippen LogP contribution in [0.1, 0.15) is 31.7 Å². The summed E-state index contributed by atoms with van der Waals surface area (Å²) in [4.78, 5) is 11.5. The van der Waals surface area contributed by atoms with Crippen molar-refractivity contribution in [1.29, 1.82) is 0 Å². The van der Waals surface area contributed by atoms with Crippen LogP contribution >= 0.6 is 0 Å². The lowest BCUT2D eigenvalue weighted by Gasteiger charge is -2.35. The molecular weight excluding hydrogens is 264 g/mol. The Labute approximate surface area is 128 Å². The second-order valence-corrected chi connectivity index (χ2v) is 6.29. The molecule has 5 heteroatoms. The zero-order valence-electron chi connectivity index (χ0n) is 13.7. The zero-order valence-corrected chi connectivity index (χ0v) is 13.7. The summed E-state index contributed by atoms with van der Waals surface area (Å²) in [6.07, 6.45) is 1.18. The van der Waals surface area contributed by atoms with E-state index in [1.54, 1.807) is 0 Å². The van der Waals surface area contributed by atoms with Crippen molar-refractivity contribution in [2.75, 3.05) is 38.2 Å². The third-order valence-corrected chi connectivity index (χ3v) is 3.78. The lowest BCUT2D eigenvalue weighted by molar-refractivity contribution is 0.0150. The molecule has 1 aliphatic rings. The van der Waals surface area contributed by atoms with Gasteiger partial charge < -0.3 is 10.1 Å². The summed E-state index contributed by atoms with van der Waals surface area (Å²) < 4.78 is 5.46. The summed E-state index contributed by atoms with van der Waals surface area (Å²) in [7, 11) is 0. The van der Waals surface area contributed by atoms with Gasteiger partial charge in [0.2, 0.25) is 5.95 Å². The van der Waals surface area contributed by atoms with Gasteiger partial charge in [0.05, 0.1) is 13.2 Å². The Morgan fingerprint density at radius 3 is 2.38 bits per heavy atom. The van der Waals surface area contributed by atoms with Gasteiger partial charge in [0, 0.05) is 37.1 Å². The van der Waals surface area contributed by atoms with Crippen LogP contribution in [0.4, 0.5) is 5.95 Å². The highest BCUT2D eigenvalue weighted by Gasteiger charge is 2.22. The number of ether oxygens (including phenoxy) is 1. The van der Waals surface area contributed by atoms with Crippen LogP contribution in [-0.4, -0.2) is 53.8 Å². The van der Waals surface area contributed by atoms with E-state index in [2.05, 4.69) is 34.0 Å². The number of nitrogens with zero attached hydrogens (tertiary/aromatic N) is 3. The summed E-state index contributed by atoms with van der Waals surface area (Å²) in [6.45, 7) is 13.2. The van der Waals surface area contributed by atoms with Crippen molar-refractivity contribution >= 4 is 5.95 Å². The molecule has 118 valence electrons. The monoisotopic (exact) mass is 292 g/mol. The summed E-state index contributed by atoms with van der Waals surface area (Å²) in [6, 6.07) is 2.51. The smallest absolute Gasteiger partial charge is 0.223 e. The summed E-state index contributed by atoms with van der Waals surface area (Å²) >= 11 is 0. The number of aryl methyl sites for hydroxylation is 2. The molecule has 0 bridgehead atoms. The van der Waals surface area contributed by atoms with Crippen molar-refractivity contribution in [3.05, 3.63) is 17.5 Å². The Hall–Kier alpha value is -1.20. The van der Waals surface area contributed by atoms with Gasteiger partial charge in [-0.3, -0.25) is 4.90 Å². The van der Waals surface area contributed by atoms with Gasteiger partial charge in [0.25, 0.3) is 0 Å². The fraction of sp³-hybridized carbons (Fsp3) is 0.750. The zero-order chi connectivity index (χ0) is 15.2. The molecule has 1 unspecified atom stereocenters. The lowest BCUT2D eigenvalue weighted by atomic mass is 10.0. The van der Waals surface area contributed by atoms with Crippen LogP contribution in [0.15, 0.2) is 6.07 Å². The van der Waals surface area contributed by atoms with E-state index in [0.29, 0.717) is 12.0 Å². The molecule has 21 heavy (non-hydrogen) atoms. The third kappa shape index (κ3) is 5.25. The molecule has 1 atom stereocenters. The van der Waals surface area contributed by atoms with E-state index in [0.717, 1.165) is 50.2 Å². The average molecular weight is 292 g/mol. The first kappa shape index (κ1) is 16.2. The number of nitrogens with one attached hydrogen (secondary N) is 1. The molecule has 1 aliphatic heterocycles. The number of rotatable bonds is 6. The number of anilines is 1. The molecule has 0 aliphatic carbocycles. The molecule has 5 nitrogen and oxygen atoms in total. The van der Waals surface area contributed by atoms with Crippen LogP contribution in [0.3, 0.4) is 0 Å². The van der Waals surface area contributed by atoms with Crippen LogP contribution in [0.25, 0.3) is 0 Å². The highest BCUT2D eigenvalue weighted by Crippen LogP contribution is 2.14. The molecule has 2 rings (SSSR count). The van der Waals surface area contributed by atoms with Crippen LogP contribution < -0.4 is 5.32 Å². The maximum atomic E-state index is 5.46. The molecule has 1 saturated heterocycles. The largest absolute Gasteiger partial charge is 0.379 e. The van der Waals surface area contributed by atoms with Gasteiger partial charge in [0.15, 0.2) is 0 Å². The molecule has 0 amide bonds. The molecule has 0 aromatic carbocycles. The minimum absolute atomic E-state index is 0.512. The Morgan fingerprint density at radius 2 is 1.81 bits per heavy atom. The van der Waals surface area contributed by atoms with Crippen LogP contribution in [0.5, 0.6) is 0 Å². The third-order valence-electron chi connectivity index (χ3n) is 3.78. The molecule has 0 radical (unpaired) electrons. The van der Waals surface area contributed by atoms with Crippen molar-refractivity contribution in [2.24, 2.45) is 5.92 Å². The maximum absolute atomic E-state index is 5.46. The van der Waals surface area contributed by atoms with Crippen LogP contribution in [-0.2, 0) is 4.74 Å². The molecule has 1 aromatic heterocycles. The van der Waals surface area contributed by atoms with Crippen molar-refractivity contribution in [1.82, 2.24) is 14.9 Å². The van der Waals surface area contributed by atoms with E-state index in [4.69, 9.17) is 4.74 Å². The molecule has 1 N–H and O–H groups in total. The van der Waals surface area contributed by atoms with Gasteiger partial charge in [-0.1, -0.05) is 13.8 Å². The molecule has 1 fully saturated rings. The Kier molecular flexibility index (Phi) is 5.94. The van der Waals surface area contributed by atoms with Crippen molar-refractivity contribution in [2.45, 2.75) is 40.2 Å². The first-order valence-corrected chi connectivity index (χ1v) is 7.92. The van der Waals surface area contributed by atoms with Gasteiger partial charge in [0.1, 0.15) is 0 Å². The topological polar surface area (TPSA) is 50.3 Å². The minimum atomic E-state index is 0.512. The van der Waals surface area contributed by atoms with Crippen LogP contribution in [0.2, 0.25) is 0 Å². The predicted octanol–water partition coefficient (Wildman–Crippen LogP) is 2.25. The van der Waals surface area contributed by atoms with Crippen LogP contribution in [0, 0.1) is 19.8 Å². The lowest BCUT2D eigenvalue weighted by Crippen LogP contribution is -2.47. The van der Waals surface area contributed by atoms with Gasteiger partial charge in [-0.25, -0.2) is 9.97 Å². The summed E-state index contributed by atoms with van der Waals surface area (Å²) in [5, 5.41) is 3.42. The van der Waals surface area contributed by atoms with E-state index < -0.39 is 0 Å². The van der Waals surface area contributed by atoms with Gasteiger partial charge in [-0.2, -0.15) is 0 Å². The number of aromatic nitrogens is 2. The van der Waals surface area contributed by atoms with Crippen molar-refractivity contribution in [3.63, 3.8) is 0 Å². The van der Waals surface area contributed by atoms with Crippen molar-refractivity contribution < 1.29 is 4.74 Å². The Morgan fingerprint density at radius 1 is 1.19 bits per heavy atom. The quantitative estimate of drug-likeness (QED) is 0.871. The number of hydrogen-bond acceptors (Lipinski definition) is 5. The second-order valence-electron chi connectivity index (χ2n) is 6.29. The highest BCUT2D eigenvalue weighted by molar-refractivity contribution is 5.27. The summed E-state index contributed by atoms with van der Waals surface area (Å²) in [5.41, 5.74) is 2.02. The van der Waals surface area contributed by atoms with Gasteiger partial charge in [-0.15, -0.1) is 0 Å². The normalized spacial score (nSPS) is 18.0. The molecule has 0 spiro atoms. The number of hydrogen-bond donors (Lipinski definition) is 1. The van der Waals surface area contributed by atoms with E-state index in [1.165, 1.54) is 6.42 Å². The SMILES string of the molecule is Cc1cc(C)nc(NCC(CC(C)C)N2CCOCC2)n1. The van der Waals surface area contributed by atoms with E-state index in [9.17, 15) is 0 Å². The Bertz CT molecular complexity index is 424. The Balaban J connectivity index is 1.97. The minimum Gasteiger partial charge on any atom is -0.379 e. The van der Waals surface area contributed by atoms with E-state index in [-0.39, 0.29) is 0 Å². The number of morpholine rings is 1. The van der Waals surface area contributed by atoms with Gasteiger partial charge >= 0.3 is 0 Å². The summed E-state index contributed by atoms with van der Waals surface area (Å²) in [5.74, 6) is 1.43. The molecule has 0 saturated carbocycles. The fourth-order valence-electron chi connectivity index (χ4n) is 2.86. The second kappa shape index (κ2) is 7.71. The maximum Gasteiger partial charge on any atom is 0.223 e. The van der Waals surface area contributed by atoms with Gasteiger partial charge in [-0.05, 0) is 32.3 Å². The standard InChI is InChI=1S/C16H28N4O/c1-12(2)9-15(20-5-7-21-8-6-20)11-17-16-18-13(3)10-14(4)19-16/h10,12,15H,5-9,11H2,1-4H3,(H,17,18,19).